The zero-order valence-electron chi connectivity index (χ0n) is 10.8. The first-order valence-electron chi connectivity index (χ1n) is 5.74. The van der Waals surface area contributed by atoms with E-state index in [2.05, 4.69) is 0 Å². The van der Waals surface area contributed by atoms with Gasteiger partial charge in [0, 0.05) is 25.8 Å². The molecule has 0 N–H and O–H groups in total. The lowest BCUT2D eigenvalue weighted by atomic mass is 10.1. The first kappa shape index (κ1) is 13.1. The predicted molar refractivity (Wildman–Crippen MR) is 72.1 cm³/mol. The molecular weight excluding hydrogens is 250 g/mol. The molecule has 1 aromatic carbocycles. The van der Waals surface area contributed by atoms with Crippen LogP contribution in [-0.2, 0) is 4.79 Å². The van der Waals surface area contributed by atoms with Gasteiger partial charge in [-0.25, -0.2) is 0 Å². The Hall–Kier alpha value is -1.36. The summed E-state index contributed by atoms with van der Waals surface area (Å²) in [5, 5.41) is 0.148. The molecule has 1 heterocycles. The summed E-state index contributed by atoms with van der Waals surface area (Å²) in [6.45, 7) is 0.277. The van der Waals surface area contributed by atoms with Crippen LogP contribution >= 0.6 is 11.8 Å². The highest BCUT2D eigenvalue weighted by Gasteiger charge is 2.20. The van der Waals surface area contributed by atoms with E-state index < -0.39 is 0 Å². The van der Waals surface area contributed by atoms with Gasteiger partial charge in [0.05, 0.1) is 0 Å². The van der Waals surface area contributed by atoms with Gasteiger partial charge in [-0.3, -0.25) is 4.79 Å². The Morgan fingerprint density at radius 2 is 2.11 bits per heavy atom. The summed E-state index contributed by atoms with van der Waals surface area (Å²) >= 11 is 1.67. The van der Waals surface area contributed by atoms with Gasteiger partial charge in [-0.1, -0.05) is 6.07 Å². The lowest BCUT2D eigenvalue weighted by Crippen LogP contribution is -2.22. The summed E-state index contributed by atoms with van der Waals surface area (Å²) in [5.74, 6) is 1.67. The number of thioether (sulfide) groups is 1. The van der Waals surface area contributed by atoms with Gasteiger partial charge in [-0.15, -0.1) is 0 Å². The fraction of sp³-hybridized carbons (Fsp3) is 0.462. The fourth-order valence-corrected chi connectivity index (χ4v) is 2.52. The molecule has 98 valence electrons. The van der Waals surface area contributed by atoms with Gasteiger partial charge in [0.2, 0.25) is 12.7 Å². The Morgan fingerprint density at radius 3 is 2.78 bits per heavy atom. The van der Waals surface area contributed by atoms with Crippen molar-refractivity contribution < 1.29 is 14.3 Å². The van der Waals surface area contributed by atoms with Crippen molar-refractivity contribution in [3.63, 3.8) is 0 Å². The number of rotatable bonds is 4. The van der Waals surface area contributed by atoms with Crippen LogP contribution in [0.5, 0.6) is 11.5 Å². The summed E-state index contributed by atoms with van der Waals surface area (Å²) in [5.41, 5.74) is 1.10. The number of fused-ring (bicyclic) bond motifs is 1. The van der Waals surface area contributed by atoms with Crippen molar-refractivity contribution in [2.24, 2.45) is 0 Å². The molecule has 0 fully saturated rings. The van der Waals surface area contributed by atoms with E-state index in [1.54, 1.807) is 30.8 Å². The van der Waals surface area contributed by atoms with Crippen LogP contribution in [0.1, 0.15) is 17.2 Å². The molecule has 18 heavy (non-hydrogen) atoms. The molecule has 1 aliphatic rings. The van der Waals surface area contributed by atoms with Crippen LogP contribution in [0.3, 0.4) is 0 Å². The van der Waals surface area contributed by atoms with Crippen LogP contribution < -0.4 is 9.47 Å². The third kappa shape index (κ3) is 2.72. The Kier molecular flexibility index (Phi) is 4.01. The van der Waals surface area contributed by atoms with E-state index >= 15 is 0 Å². The van der Waals surface area contributed by atoms with Gasteiger partial charge in [-0.05, 0) is 24.0 Å². The first-order valence-corrected chi connectivity index (χ1v) is 7.03. The van der Waals surface area contributed by atoms with Crippen LogP contribution in [0.2, 0.25) is 0 Å². The molecule has 5 heteroatoms. The summed E-state index contributed by atoms with van der Waals surface area (Å²) in [6.07, 6.45) is 2.51. The van der Waals surface area contributed by atoms with Crippen molar-refractivity contribution in [2.45, 2.75) is 11.7 Å². The van der Waals surface area contributed by atoms with Gasteiger partial charge < -0.3 is 14.4 Å². The van der Waals surface area contributed by atoms with E-state index in [0.717, 1.165) is 17.1 Å². The molecule has 1 aromatic rings. The third-order valence-corrected chi connectivity index (χ3v) is 3.92. The van der Waals surface area contributed by atoms with Crippen LogP contribution in [0.15, 0.2) is 18.2 Å². The van der Waals surface area contributed by atoms with Crippen LogP contribution in [0.25, 0.3) is 0 Å². The van der Waals surface area contributed by atoms with Gasteiger partial charge in [0.15, 0.2) is 11.5 Å². The summed E-state index contributed by atoms with van der Waals surface area (Å²) < 4.78 is 10.6. The maximum Gasteiger partial charge on any atom is 0.231 e. The normalized spacial score (nSPS) is 14.4. The van der Waals surface area contributed by atoms with Crippen molar-refractivity contribution in [2.75, 3.05) is 27.1 Å². The van der Waals surface area contributed by atoms with E-state index in [0.29, 0.717) is 6.42 Å². The number of carbonyl (C=O) groups is 1. The number of ether oxygens (including phenoxy) is 2. The number of nitrogens with zero attached hydrogens (tertiary/aromatic N) is 1. The molecule has 4 nitrogen and oxygen atoms in total. The second-order valence-electron chi connectivity index (χ2n) is 4.33. The van der Waals surface area contributed by atoms with Gasteiger partial charge in [-0.2, -0.15) is 11.8 Å². The highest BCUT2D eigenvalue weighted by molar-refractivity contribution is 7.98. The smallest absolute Gasteiger partial charge is 0.231 e. The zero-order chi connectivity index (χ0) is 13.1. The highest BCUT2D eigenvalue weighted by Crippen LogP contribution is 2.38. The zero-order valence-corrected chi connectivity index (χ0v) is 11.6. The van der Waals surface area contributed by atoms with Gasteiger partial charge >= 0.3 is 0 Å². The second-order valence-corrected chi connectivity index (χ2v) is 5.37. The molecule has 2 rings (SSSR count). The van der Waals surface area contributed by atoms with Crippen LogP contribution in [0.4, 0.5) is 0 Å². The highest BCUT2D eigenvalue weighted by atomic mass is 32.2. The number of hydrogen-bond acceptors (Lipinski definition) is 4. The molecular formula is C13H17NO3S. The maximum atomic E-state index is 11.8. The largest absolute Gasteiger partial charge is 0.454 e. The first-order chi connectivity index (χ1) is 8.61. The van der Waals surface area contributed by atoms with Crippen molar-refractivity contribution in [1.82, 2.24) is 4.90 Å². The average molecular weight is 267 g/mol. The van der Waals surface area contributed by atoms with Crippen LogP contribution in [0, 0.1) is 0 Å². The van der Waals surface area contributed by atoms with Gasteiger partial charge in [0.1, 0.15) is 0 Å². The molecule has 0 saturated heterocycles. The third-order valence-electron chi connectivity index (χ3n) is 2.91. The number of benzene rings is 1. The number of amides is 1. The molecule has 0 aromatic heterocycles. The van der Waals surface area contributed by atoms with E-state index in [1.165, 1.54) is 0 Å². The van der Waals surface area contributed by atoms with Gasteiger partial charge in [0.25, 0.3) is 0 Å². The number of carbonyl (C=O) groups excluding carboxylic acids is 1. The Labute approximate surface area is 111 Å². The van der Waals surface area contributed by atoms with E-state index in [9.17, 15) is 4.79 Å². The lowest BCUT2D eigenvalue weighted by molar-refractivity contribution is -0.128. The summed E-state index contributed by atoms with van der Waals surface area (Å²) in [7, 11) is 3.55. The minimum atomic E-state index is 0.131. The van der Waals surface area contributed by atoms with Crippen molar-refractivity contribution in [3.8, 4) is 11.5 Å². The maximum absolute atomic E-state index is 11.8. The lowest BCUT2D eigenvalue weighted by Gasteiger charge is -2.17. The molecule has 1 unspecified atom stereocenters. The minimum absolute atomic E-state index is 0.131. The van der Waals surface area contributed by atoms with E-state index in [-0.39, 0.29) is 18.0 Å². The van der Waals surface area contributed by atoms with Crippen molar-refractivity contribution in [3.05, 3.63) is 23.8 Å². The SMILES string of the molecule is CSC(CC(=O)N(C)C)c1ccc2c(c1)OCO2. The predicted octanol–water partition coefficient (Wildman–Crippen LogP) is 2.30. The Bertz CT molecular complexity index is 448. The second kappa shape index (κ2) is 5.52. The van der Waals surface area contributed by atoms with E-state index in [1.807, 2.05) is 24.5 Å². The van der Waals surface area contributed by atoms with Crippen molar-refractivity contribution in [1.29, 1.82) is 0 Å². The number of hydrogen-bond donors (Lipinski definition) is 0. The molecule has 1 aliphatic heterocycles. The summed E-state index contributed by atoms with van der Waals surface area (Å²) in [4.78, 5) is 13.4. The average Bonchev–Trinajstić information content (AvgIpc) is 2.82. The van der Waals surface area contributed by atoms with Crippen LogP contribution in [-0.4, -0.2) is 38.0 Å². The fourth-order valence-electron chi connectivity index (χ4n) is 1.79. The molecule has 0 saturated carbocycles. The van der Waals surface area contributed by atoms with Crippen molar-refractivity contribution >= 4 is 17.7 Å². The Balaban J connectivity index is 2.15. The molecule has 0 spiro atoms. The Morgan fingerprint density at radius 1 is 1.39 bits per heavy atom. The molecule has 0 radical (unpaired) electrons. The summed E-state index contributed by atoms with van der Waals surface area (Å²) in [6, 6.07) is 5.87. The topological polar surface area (TPSA) is 38.8 Å². The minimum Gasteiger partial charge on any atom is -0.454 e. The molecule has 0 bridgehead atoms. The standard InChI is InChI=1S/C13H17NO3S/c1-14(2)13(15)7-12(18-3)9-4-5-10-11(6-9)17-8-16-10/h4-6,12H,7-8H2,1-3H3. The quantitative estimate of drug-likeness (QED) is 0.839. The molecule has 0 aliphatic carbocycles. The molecule has 1 atom stereocenters. The molecule has 1 amide bonds. The monoisotopic (exact) mass is 267 g/mol. The van der Waals surface area contributed by atoms with E-state index in [4.69, 9.17) is 9.47 Å².